The van der Waals surface area contributed by atoms with Crippen molar-refractivity contribution in [3.8, 4) is 5.06 Å². The molecule has 220 valence electrons. The largest absolute Gasteiger partial charge is 0.466 e. The first kappa shape index (κ1) is 32.1. The molecule has 20 heteroatoms. The minimum absolute atomic E-state index is 0.0513. The summed E-state index contributed by atoms with van der Waals surface area (Å²) >= 11 is -0.0513. The third kappa shape index (κ3) is 6.36. The average Bonchev–Trinajstić information content (AvgIpc) is 3.43. The molecule has 7 nitrogen and oxygen atoms in total. The molecular weight excluding hydrogens is 600 g/mol. The molecule has 0 aliphatic heterocycles. The molecule has 0 fully saturated rings. The molecule has 2 aromatic heterocycles. The molecule has 0 spiro atoms. The molecule has 39 heavy (non-hydrogen) atoms. The average molecular weight is 612 g/mol. The zero-order valence-corrected chi connectivity index (χ0v) is 19.2. The molecule has 0 aliphatic carbocycles. The van der Waals surface area contributed by atoms with Gasteiger partial charge < -0.3 is 23.7 Å². The molecule has 0 unspecified atom stereocenters. The lowest BCUT2D eigenvalue weighted by Gasteiger charge is -2.34. The van der Waals surface area contributed by atoms with Gasteiger partial charge in [-0.05, 0) is 24.3 Å². The summed E-state index contributed by atoms with van der Waals surface area (Å²) in [7, 11) is 0. The number of hydrogen-bond donors (Lipinski definition) is 1. The van der Waals surface area contributed by atoms with Crippen molar-refractivity contribution in [1.29, 1.82) is 0 Å². The number of thiophene rings is 1. The molecule has 0 radical (unpaired) electrons. The first-order chi connectivity index (χ1) is 17.6. The fourth-order valence-electron chi connectivity index (χ4n) is 2.62. The Hall–Kier alpha value is -3.16. The lowest BCUT2D eigenvalue weighted by Crippen LogP contribution is -2.66. The van der Waals surface area contributed by atoms with E-state index in [0.717, 1.165) is 18.4 Å². The number of aliphatic hydroxyl groups is 1. The molecule has 0 atom stereocenters. The van der Waals surface area contributed by atoms with Gasteiger partial charge in [0.15, 0.2) is 5.06 Å². The molecule has 0 aromatic carbocycles. The molecule has 0 aliphatic rings. The Balaban J connectivity index is 2.22. The van der Waals surface area contributed by atoms with E-state index in [9.17, 15) is 62.3 Å². The minimum Gasteiger partial charge on any atom is -0.466 e. The van der Waals surface area contributed by atoms with Gasteiger partial charge in [0.25, 0.3) is 0 Å². The quantitative estimate of drug-likeness (QED) is 0.305. The highest BCUT2D eigenvalue weighted by atomic mass is 32.1. The Morgan fingerprint density at radius 2 is 1.36 bits per heavy atom. The fourth-order valence-corrected chi connectivity index (χ4v) is 3.50. The van der Waals surface area contributed by atoms with Crippen LogP contribution >= 0.6 is 11.3 Å². The Morgan fingerprint density at radius 3 is 1.82 bits per heavy atom. The summed E-state index contributed by atoms with van der Waals surface area (Å²) < 4.78 is 174. The van der Waals surface area contributed by atoms with Gasteiger partial charge in [0, 0.05) is 11.3 Å². The summed E-state index contributed by atoms with van der Waals surface area (Å²) in [5.74, 6) is -6.43. The van der Waals surface area contributed by atoms with Crippen LogP contribution in [0.4, 0.5) is 52.7 Å². The van der Waals surface area contributed by atoms with Crippen molar-refractivity contribution in [2.24, 2.45) is 0 Å². The molecule has 2 rings (SSSR count). The Kier molecular flexibility index (Phi) is 8.86. The number of carbonyl (C=O) groups is 2. The number of esters is 2. The third-order valence-corrected chi connectivity index (χ3v) is 5.62. The summed E-state index contributed by atoms with van der Waals surface area (Å²) in [6.45, 7) is -2.48. The van der Waals surface area contributed by atoms with Gasteiger partial charge in [-0.15, -0.1) is 11.3 Å². The van der Waals surface area contributed by atoms with Crippen LogP contribution in [-0.4, -0.2) is 59.6 Å². The number of ether oxygens (including phenoxy) is 3. The normalized spacial score (nSPS) is 13.8. The molecule has 0 saturated heterocycles. The van der Waals surface area contributed by atoms with Crippen LogP contribution in [0.5, 0.6) is 5.06 Å². The number of alkyl halides is 12. The van der Waals surface area contributed by atoms with E-state index in [1.807, 2.05) is 0 Å². The summed E-state index contributed by atoms with van der Waals surface area (Å²) in [6, 6.07) is 3.45. The Labute approximate surface area is 211 Å². The van der Waals surface area contributed by atoms with Crippen LogP contribution in [0.15, 0.2) is 34.9 Å². The van der Waals surface area contributed by atoms with Crippen molar-refractivity contribution in [3.63, 3.8) is 0 Å². The Morgan fingerprint density at radius 1 is 0.795 bits per heavy atom. The maximum absolute atomic E-state index is 13.6. The second-order valence-corrected chi connectivity index (χ2v) is 8.38. The number of hydrogen-bond acceptors (Lipinski definition) is 8. The van der Waals surface area contributed by atoms with Crippen LogP contribution in [0.25, 0.3) is 0 Å². The maximum atomic E-state index is 13.6. The van der Waals surface area contributed by atoms with E-state index in [2.05, 4.69) is 18.6 Å². The van der Waals surface area contributed by atoms with Crippen LogP contribution in [0.3, 0.4) is 0 Å². The van der Waals surface area contributed by atoms with Crippen LogP contribution in [0.1, 0.15) is 10.6 Å². The van der Waals surface area contributed by atoms with E-state index >= 15 is 0 Å². The fraction of sp³-hybridized carbons (Fsp3) is 0.474. The lowest BCUT2D eigenvalue weighted by molar-refractivity contribution is -0.357. The predicted octanol–water partition coefficient (Wildman–Crippen LogP) is 5.27. The molecule has 0 amide bonds. The van der Waals surface area contributed by atoms with Crippen LogP contribution in [0.2, 0.25) is 0 Å². The van der Waals surface area contributed by atoms with Gasteiger partial charge in [0.2, 0.25) is 0 Å². The second-order valence-electron chi connectivity index (χ2n) is 7.25. The van der Waals surface area contributed by atoms with Crippen molar-refractivity contribution in [3.05, 3.63) is 41.2 Å². The number of rotatable bonds is 9. The number of furan rings is 1. The van der Waals surface area contributed by atoms with Gasteiger partial charge in [-0.3, -0.25) is 0 Å². The van der Waals surface area contributed by atoms with Crippen molar-refractivity contribution >= 4 is 23.3 Å². The molecule has 0 saturated carbocycles. The minimum atomic E-state index is -6.55. The van der Waals surface area contributed by atoms with Crippen molar-refractivity contribution in [1.82, 2.24) is 0 Å². The highest BCUT2D eigenvalue weighted by Crippen LogP contribution is 2.48. The SMILES string of the molecule is O=C(OCCc1ccc(OC(C(=O)OCc2ccco2)(C(F)(F)F)C(F)(F)F)s1)C(O)(C(F)(F)F)C(F)(F)F. The van der Waals surface area contributed by atoms with E-state index in [0.29, 0.717) is 6.07 Å². The van der Waals surface area contributed by atoms with Gasteiger partial charge in [0.05, 0.1) is 12.9 Å². The number of halogens is 12. The Bertz CT molecular complexity index is 1100. The molecule has 1 N–H and O–H groups in total. The maximum Gasteiger partial charge on any atom is 0.449 e. The van der Waals surface area contributed by atoms with Gasteiger partial charge in [-0.1, -0.05) is 0 Å². The standard InChI is InChI=1S/C19H12F12O7S/c20-16(21,22)14(34,17(23,24)25)12(32)36-7-5-10-3-4-11(39-10)38-15(18(26,27)28,19(29,30)31)13(33)37-8-9-2-1-6-35-9/h1-4,6,34H,5,7-8H2. The molecular formula is C19H12F12O7S. The van der Waals surface area contributed by atoms with Crippen LogP contribution in [-0.2, 0) is 32.1 Å². The monoisotopic (exact) mass is 612 g/mol. The zero-order chi connectivity index (χ0) is 30.1. The summed E-state index contributed by atoms with van der Waals surface area (Å²) in [6.07, 6.45) is -25.9. The zero-order valence-electron chi connectivity index (χ0n) is 18.3. The van der Waals surface area contributed by atoms with Crippen molar-refractivity contribution < 1.29 is 86.0 Å². The van der Waals surface area contributed by atoms with Crippen LogP contribution in [0, 0.1) is 0 Å². The molecule has 0 bridgehead atoms. The van der Waals surface area contributed by atoms with E-state index in [4.69, 9.17) is 5.11 Å². The number of carbonyl (C=O) groups excluding carboxylic acids is 2. The van der Waals surface area contributed by atoms with E-state index in [-0.39, 0.29) is 22.0 Å². The van der Waals surface area contributed by atoms with Gasteiger partial charge in [-0.2, -0.15) is 52.7 Å². The van der Waals surface area contributed by atoms with Gasteiger partial charge in [-0.25, -0.2) is 9.59 Å². The summed E-state index contributed by atoms with van der Waals surface area (Å²) in [4.78, 5) is 23.0. The van der Waals surface area contributed by atoms with Crippen molar-refractivity contribution in [2.45, 2.75) is 48.9 Å². The highest BCUT2D eigenvalue weighted by molar-refractivity contribution is 7.13. The molecule has 2 heterocycles. The van der Waals surface area contributed by atoms with E-state index in [1.54, 1.807) is 0 Å². The summed E-state index contributed by atoms with van der Waals surface area (Å²) in [5.41, 5.74) is -11.5. The highest BCUT2D eigenvalue weighted by Gasteiger charge is 2.80. The predicted molar refractivity (Wildman–Crippen MR) is 100 cm³/mol. The smallest absolute Gasteiger partial charge is 0.449 e. The third-order valence-electron chi connectivity index (χ3n) is 4.60. The van der Waals surface area contributed by atoms with Gasteiger partial charge >= 0.3 is 47.8 Å². The van der Waals surface area contributed by atoms with Crippen molar-refractivity contribution in [2.75, 3.05) is 6.61 Å². The van der Waals surface area contributed by atoms with Crippen LogP contribution < -0.4 is 4.74 Å². The molecule has 2 aromatic rings. The van der Waals surface area contributed by atoms with E-state index < -0.39 is 72.5 Å². The van der Waals surface area contributed by atoms with Gasteiger partial charge in [0.1, 0.15) is 12.4 Å². The summed E-state index contributed by atoms with van der Waals surface area (Å²) in [5, 5.41) is 7.65. The first-order valence-electron chi connectivity index (χ1n) is 9.71. The lowest BCUT2D eigenvalue weighted by atomic mass is 10.0. The van der Waals surface area contributed by atoms with E-state index in [1.165, 1.54) is 6.07 Å². The topological polar surface area (TPSA) is 95.2 Å². The second kappa shape index (κ2) is 10.8. The first-order valence-corrected chi connectivity index (χ1v) is 10.5.